The summed E-state index contributed by atoms with van der Waals surface area (Å²) in [5, 5.41) is 9.24. The van der Waals surface area contributed by atoms with Crippen molar-refractivity contribution in [2.24, 2.45) is 0 Å². The van der Waals surface area contributed by atoms with Crippen molar-refractivity contribution in [2.45, 2.75) is 0 Å². The SMILES string of the molecule is O=C(O)C=Cc1ccc(-c2cc(Br)ccc2Cl)s1. The second-order valence-electron chi connectivity index (χ2n) is 3.50. The van der Waals surface area contributed by atoms with E-state index in [0.717, 1.165) is 25.9 Å². The number of benzene rings is 1. The zero-order chi connectivity index (χ0) is 13.1. The van der Waals surface area contributed by atoms with Crippen LogP contribution in [0, 0.1) is 0 Å². The molecule has 0 saturated heterocycles. The lowest BCUT2D eigenvalue weighted by Crippen LogP contribution is -1.84. The van der Waals surface area contributed by atoms with Gasteiger partial charge in [-0.1, -0.05) is 27.5 Å². The maximum atomic E-state index is 10.4. The largest absolute Gasteiger partial charge is 0.478 e. The van der Waals surface area contributed by atoms with Crippen LogP contribution in [0.2, 0.25) is 5.02 Å². The number of rotatable bonds is 3. The van der Waals surface area contributed by atoms with Crippen molar-refractivity contribution in [3.05, 3.63) is 50.8 Å². The zero-order valence-corrected chi connectivity index (χ0v) is 12.2. The standard InChI is InChI=1S/C13H8BrClO2S/c14-8-1-4-11(15)10(7-8)12-5-2-9(18-12)3-6-13(16)17/h1-7H,(H,16,17). The summed E-state index contributed by atoms with van der Waals surface area (Å²) in [4.78, 5) is 12.3. The third-order valence-electron chi connectivity index (χ3n) is 2.21. The first-order valence-corrected chi connectivity index (χ1v) is 7.01. The van der Waals surface area contributed by atoms with E-state index in [4.69, 9.17) is 16.7 Å². The van der Waals surface area contributed by atoms with Gasteiger partial charge in [-0.3, -0.25) is 0 Å². The Balaban J connectivity index is 2.35. The molecule has 0 aliphatic rings. The van der Waals surface area contributed by atoms with Crippen molar-refractivity contribution in [1.29, 1.82) is 0 Å². The molecule has 2 rings (SSSR count). The van der Waals surface area contributed by atoms with Gasteiger partial charge >= 0.3 is 5.97 Å². The molecule has 0 saturated carbocycles. The number of carboxylic acid groups (broad SMARTS) is 1. The zero-order valence-electron chi connectivity index (χ0n) is 9.06. The molecule has 1 heterocycles. The van der Waals surface area contributed by atoms with E-state index < -0.39 is 5.97 Å². The van der Waals surface area contributed by atoms with Gasteiger partial charge in [0.05, 0.1) is 0 Å². The molecule has 18 heavy (non-hydrogen) atoms. The second-order valence-corrected chi connectivity index (χ2v) is 5.94. The maximum Gasteiger partial charge on any atom is 0.328 e. The molecule has 0 unspecified atom stereocenters. The monoisotopic (exact) mass is 342 g/mol. The Labute approximate surface area is 122 Å². The van der Waals surface area contributed by atoms with Crippen LogP contribution < -0.4 is 0 Å². The van der Waals surface area contributed by atoms with Gasteiger partial charge in [0.15, 0.2) is 0 Å². The normalized spacial score (nSPS) is 11.0. The highest BCUT2D eigenvalue weighted by Crippen LogP contribution is 2.35. The van der Waals surface area contributed by atoms with Crippen LogP contribution in [0.15, 0.2) is 40.9 Å². The van der Waals surface area contributed by atoms with Crippen molar-refractivity contribution in [1.82, 2.24) is 0 Å². The number of aliphatic carboxylic acids is 1. The van der Waals surface area contributed by atoms with Crippen molar-refractivity contribution >= 4 is 50.9 Å². The second kappa shape index (κ2) is 5.69. The van der Waals surface area contributed by atoms with E-state index in [-0.39, 0.29) is 0 Å². The van der Waals surface area contributed by atoms with Crippen molar-refractivity contribution in [3.63, 3.8) is 0 Å². The predicted molar refractivity (Wildman–Crippen MR) is 79.1 cm³/mol. The molecule has 2 nitrogen and oxygen atoms in total. The molecule has 0 fully saturated rings. The molecular formula is C13H8BrClO2S. The Kier molecular flexibility index (Phi) is 4.22. The number of halogens is 2. The molecule has 5 heteroatoms. The van der Waals surface area contributed by atoms with E-state index in [1.165, 1.54) is 11.3 Å². The number of hydrogen-bond acceptors (Lipinski definition) is 2. The minimum absolute atomic E-state index is 0.675. The lowest BCUT2D eigenvalue weighted by molar-refractivity contribution is -0.131. The predicted octanol–water partition coefficient (Wildman–Crippen LogP) is 4.93. The van der Waals surface area contributed by atoms with Gasteiger partial charge < -0.3 is 5.11 Å². The molecule has 0 amide bonds. The first-order valence-electron chi connectivity index (χ1n) is 5.02. The third-order valence-corrected chi connectivity index (χ3v) is 4.12. The van der Waals surface area contributed by atoms with Gasteiger partial charge in [0.25, 0.3) is 0 Å². The number of thiophene rings is 1. The number of carboxylic acids is 1. The van der Waals surface area contributed by atoms with E-state index in [0.29, 0.717) is 5.02 Å². The van der Waals surface area contributed by atoms with E-state index in [1.54, 1.807) is 6.08 Å². The lowest BCUT2D eigenvalue weighted by atomic mass is 10.2. The molecule has 0 radical (unpaired) electrons. The molecule has 0 atom stereocenters. The highest BCUT2D eigenvalue weighted by Gasteiger charge is 2.06. The Hall–Kier alpha value is -1.10. The molecule has 1 aromatic carbocycles. The lowest BCUT2D eigenvalue weighted by Gasteiger charge is -2.01. The fourth-order valence-electron chi connectivity index (χ4n) is 1.43. The summed E-state index contributed by atoms with van der Waals surface area (Å²) in [6.45, 7) is 0. The fourth-order valence-corrected chi connectivity index (χ4v) is 3.00. The van der Waals surface area contributed by atoms with E-state index in [1.807, 2.05) is 30.3 Å². The number of carbonyl (C=O) groups is 1. The first-order chi connectivity index (χ1) is 8.56. The van der Waals surface area contributed by atoms with Gasteiger partial charge in [-0.2, -0.15) is 0 Å². The van der Waals surface area contributed by atoms with Crippen LogP contribution >= 0.6 is 38.9 Å². The van der Waals surface area contributed by atoms with Crippen LogP contribution in [0.5, 0.6) is 0 Å². The molecule has 0 aliphatic heterocycles. The van der Waals surface area contributed by atoms with Crippen LogP contribution in [0.25, 0.3) is 16.5 Å². The fraction of sp³-hybridized carbons (Fsp3) is 0. The first kappa shape index (κ1) is 13.3. The summed E-state index contributed by atoms with van der Waals surface area (Å²) in [6.07, 6.45) is 2.69. The van der Waals surface area contributed by atoms with Gasteiger partial charge in [-0.25, -0.2) is 4.79 Å². The van der Waals surface area contributed by atoms with Crippen LogP contribution in [0.1, 0.15) is 4.88 Å². The summed E-state index contributed by atoms with van der Waals surface area (Å²) >= 11 is 11.0. The highest BCUT2D eigenvalue weighted by molar-refractivity contribution is 9.10. The molecular weight excluding hydrogens is 336 g/mol. The molecule has 2 aromatic rings. The average Bonchev–Trinajstić information content (AvgIpc) is 2.78. The molecule has 92 valence electrons. The van der Waals surface area contributed by atoms with Crippen LogP contribution in [-0.2, 0) is 4.79 Å². The summed E-state index contributed by atoms with van der Waals surface area (Å²) in [6, 6.07) is 9.45. The van der Waals surface area contributed by atoms with Crippen molar-refractivity contribution in [3.8, 4) is 10.4 Å². The smallest absolute Gasteiger partial charge is 0.328 e. The molecule has 0 spiro atoms. The van der Waals surface area contributed by atoms with Crippen molar-refractivity contribution in [2.75, 3.05) is 0 Å². The van der Waals surface area contributed by atoms with Gasteiger partial charge in [-0.05, 0) is 36.4 Å². The highest BCUT2D eigenvalue weighted by atomic mass is 79.9. The summed E-state index contributed by atoms with van der Waals surface area (Å²) in [5.74, 6) is -0.953. The molecule has 1 N–H and O–H groups in total. The third kappa shape index (κ3) is 3.22. The van der Waals surface area contributed by atoms with E-state index in [2.05, 4.69) is 15.9 Å². The van der Waals surface area contributed by atoms with E-state index >= 15 is 0 Å². The summed E-state index contributed by atoms with van der Waals surface area (Å²) in [5.41, 5.74) is 0.936. The van der Waals surface area contributed by atoms with Crippen LogP contribution in [-0.4, -0.2) is 11.1 Å². The van der Waals surface area contributed by atoms with Crippen LogP contribution in [0.4, 0.5) is 0 Å². The Morgan fingerprint density at radius 1 is 1.33 bits per heavy atom. The Morgan fingerprint density at radius 2 is 2.11 bits per heavy atom. The molecule has 0 aliphatic carbocycles. The van der Waals surface area contributed by atoms with Crippen molar-refractivity contribution < 1.29 is 9.90 Å². The van der Waals surface area contributed by atoms with E-state index in [9.17, 15) is 4.79 Å². The Morgan fingerprint density at radius 3 is 2.83 bits per heavy atom. The molecule has 1 aromatic heterocycles. The van der Waals surface area contributed by atoms with Gasteiger partial charge in [0.2, 0.25) is 0 Å². The average molecular weight is 344 g/mol. The number of hydrogen-bond donors (Lipinski definition) is 1. The quantitative estimate of drug-likeness (QED) is 0.802. The van der Waals surface area contributed by atoms with Gasteiger partial charge in [0, 0.05) is 30.9 Å². The topological polar surface area (TPSA) is 37.3 Å². The maximum absolute atomic E-state index is 10.4. The Bertz CT molecular complexity index is 619. The summed E-state index contributed by atoms with van der Waals surface area (Å²) < 4.78 is 0.956. The van der Waals surface area contributed by atoms with Gasteiger partial charge in [-0.15, -0.1) is 11.3 Å². The minimum atomic E-state index is -0.953. The minimum Gasteiger partial charge on any atom is -0.478 e. The summed E-state index contributed by atoms with van der Waals surface area (Å²) in [7, 11) is 0. The van der Waals surface area contributed by atoms with Crippen LogP contribution in [0.3, 0.4) is 0 Å². The molecule has 0 bridgehead atoms. The van der Waals surface area contributed by atoms with Gasteiger partial charge in [0.1, 0.15) is 0 Å².